The third kappa shape index (κ3) is 12.0. The predicted octanol–water partition coefficient (Wildman–Crippen LogP) is 25.7. The number of aromatic nitrogens is 4. The first-order chi connectivity index (χ1) is 47.8. The summed E-state index contributed by atoms with van der Waals surface area (Å²) in [4.78, 5) is 40.0. The highest BCUT2D eigenvalue weighted by molar-refractivity contribution is 6.45. The number of nitrogens with zero attached hydrogens (tertiary/aromatic N) is 2. The van der Waals surface area contributed by atoms with Crippen LogP contribution < -0.4 is 30.1 Å². The zero-order chi connectivity index (χ0) is 72.5. The lowest BCUT2D eigenvalue weighted by Crippen LogP contribution is -2.24. The number of ether oxygens (including phenoxy) is 4. The molecular formula is C92H98N4O6. The molecule has 0 fully saturated rings. The van der Waals surface area contributed by atoms with Gasteiger partial charge in [-0.3, -0.25) is 18.4 Å². The van der Waals surface area contributed by atoms with E-state index in [-0.39, 0.29) is 54.4 Å². The summed E-state index contributed by atoms with van der Waals surface area (Å²) in [7, 11) is 0. The molecule has 15 aromatic rings. The Morgan fingerprint density at radius 3 is 0.765 bits per heavy atom. The number of fused-ring (bicyclic) bond motifs is 10. The number of H-pyrrole nitrogens is 2. The van der Waals surface area contributed by atoms with E-state index in [1.165, 1.54) is 22.3 Å². The van der Waals surface area contributed by atoms with Crippen LogP contribution >= 0.6 is 0 Å². The second-order valence-corrected chi connectivity index (χ2v) is 36.9. The third-order valence-electron chi connectivity index (χ3n) is 21.1. The Kier molecular flexibility index (Phi) is 15.6. The summed E-state index contributed by atoms with van der Waals surface area (Å²) >= 11 is 0. The summed E-state index contributed by atoms with van der Waals surface area (Å²) in [5, 5.41) is 7.85. The fraction of sp³-hybridized carbons (Fsp3) is 0.348. The Bertz CT molecular complexity index is 5540. The van der Waals surface area contributed by atoms with Crippen molar-refractivity contribution in [1.29, 1.82) is 0 Å². The highest BCUT2D eigenvalue weighted by Crippen LogP contribution is 2.58. The van der Waals surface area contributed by atoms with Gasteiger partial charge >= 0.3 is 0 Å². The Morgan fingerprint density at radius 2 is 0.520 bits per heavy atom. The molecule has 4 heterocycles. The molecular weight excluding hydrogens is 1260 g/mol. The van der Waals surface area contributed by atoms with Crippen LogP contribution in [0.15, 0.2) is 179 Å². The van der Waals surface area contributed by atoms with E-state index >= 15 is 9.59 Å². The molecule has 0 saturated carbocycles. The second-order valence-electron chi connectivity index (χ2n) is 36.9. The number of para-hydroxylation sites is 4. The van der Waals surface area contributed by atoms with Gasteiger partial charge in [-0.15, -0.1) is 0 Å². The molecule has 0 bridgehead atoms. The zero-order valence-corrected chi connectivity index (χ0v) is 63.3. The van der Waals surface area contributed by atoms with Crippen molar-refractivity contribution in [2.45, 2.75) is 186 Å². The van der Waals surface area contributed by atoms with Crippen molar-refractivity contribution in [3.63, 3.8) is 0 Å². The number of imidazole rings is 2. The van der Waals surface area contributed by atoms with Gasteiger partial charge in [0.15, 0.2) is 0 Å². The molecule has 0 atom stereocenters. The fourth-order valence-corrected chi connectivity index (χ4v) is 18.5. The maximum Gasteiger partial charge on any atom is 0.264 e. The van der Waals surface area contributed by atoms with E-state index in [0.717, 1.165) is 58.5 Å². The van der Waals surface area contributed by atoms with E-state index in [1.54, 1.807) is 8.80 Å². The molecule has 0 aliphatic rings. The molecule has 0 saturated heterocycles. The minimum absolute atomic E-state index is 0.0780. The van der Waals surface area contributed by atoms with Gasteiger partial charge in [0.25, 0.3) is 11.1 Å². The van der Waals surface area contributed by atoms with E-state index in [9.17, 15) is 0 Å². The SMILES string of the molecule is CC(C)(C)CC(C)(C)c1ccc(Oc2cc3c(=O)n4c5ccccc5[nH]c4c4cc(Oc5ccc(C(C)(C)CC(C)(C)C)cc5)c5c6c(Oc7ccc(C(C)(C)CC(C)(C)C)cc7)cc7c8c(cc(Oc9ccc(C(C)(C)CC(C)(C)C)cc9)c(c2c5c34)c68)c(=O)n2c3ccccc3[nH]c72)cc1. The Labute approximate surface area is 598 Å². The van der Waals surface area contributed by atoms with Crippen molar-refractivity contribution in [3.8, 4) is 46.0 Å². The number of pyridine rings is 2. The Balaban J connectivity index is 1.13. The largest absolute Gasteiger partial charge is 0.457 e. The lowest BCUT2D eigenvalue weighted by molar-refractivity contribution is 0.283. The van der Waals surface area contributed by atoms with Crippen LogP contribution in [-0.2, 0) is 21.7 Å². The van der Waals surface area contributed by atoms with Crippen molar-refractivity contribution in [2.24, 2.45) is 21.7 Å². The van der Waals surface area contributed by atoms with Crippen molar-refractivity contribution in [2.75, 3.05) is 0 Å². The first kappa shape index (κ1) is 68.0. The number of nitrogens with one attached hydrogen (secondary N) is 2. The molecule has 0 aliphatic heterocycles. The molecule has 0 aliphatic carbocycles. The van der Waals surface area contributed by atoms with Crippen LogP contribution in [0.1, 0.15) is 186 Å². The standard InChI is InChI=1S/C92H98N4O6/c1-85(2,3)49-89(13,14)53-29-37-57(38-30-53)99-69-45-61-73-63(83(97)95-67-27-23-21-25-65(67)93-81(61)95)47-71(101-59-41-33-55(34-42-59)91(17,18)51-87(7,8)9)77-78-72(102-60-43-35-56(36-44-60)92(19,20)52-88(10,11)12)48-64-74-62(82-94-66-26-22-24-28-68(66)96(82)84(64)98)46-70(76(80(74)78)75(69)79(73)77)100-58-39-31-54(32-40-58)90(15,16)50-86(4,5)6/h21-48,93-94H,49-52H2,1-20H3. The third-order valence-corrected chi connectivity index (χ3v) is 21.1. The normalized spacial score (nSPS) is 13.5. The molecule has 0 radical (unpaired) electrons. The summed E-state index contributed by atoms with van der Waals surface area (Å²) < 4.78 is 34.1. The minimum Gasteiger partial charge on any atom is -0.457 e. The summed E-state index contributed by atoms with van der Waals surface area (Å²) in [6.45, 7) is 45.9. The number of aromatic amines is 2. The van der Waals surface area contributed by atoms with Gasteiger partial charge in [-0.2, -0.15) is 0 Å². The smallest absolute Gasteiger partial charge is 0.264 e. The fourth-order valence-electron chi connectivity index (χ4n) is 18.5. The molecule has 10 nitrogen and oxygen atoms in total. The van der Waals surface area contributed by atoms with Gasteiger partial charge < -0.3 is 28.9 Å². The quantitative estimate of drug-likeness (QED) is 0.0736. The number of hydrogen-bond donors (Lipinski definition) is 2. The van der Waals surface area contributed by atoms with E-state index in [4.69, 9.17) is 18.9 Å². The molecule has 0 spiro atoms. The van der Waals surface area contributed by atoms with E-state index in [0.29, 0.717) is 111 Å². The highest BCUT2D eigenvalue weighted by atomic mass is 16.5. The maximum atomic E-state index is 16.3. The molecule has 10 heteroatoms. The molecule has 4 aromatic heterocycles. The van der Waals surface area contributed by atoms with Gasteiger partial charge in [-0.1, -0.05) is 211 Å². The Hall–Kier alpha value is -9.80. The summed E-state index contributed by atoms with van der Waals surface area (Å²) in [5.74, 6) is 4.23. The van der Waals surface area contributed by atoms with Gasteiger partial charge in [0.1, 0.15) is 57.3 Å². The van der Waals surface area contributed by atoms with Gasteiger partial charge in [0.2, 0.25) is 0 Å². The number of hydrogen-bond acceptors (Lipinski definition) is 6. The molecule has 102 heavy (non-hydrogen) atoms. The minimum atomic E-state index is -0.222. The monoisotopic (exact) mass is 1350 g/mol. The summed E-state index contributed by atoms with van der Waals surface area (Å²) in [5.41, 5.74) is 8.34. The van der Waals surface area contributed by atoms with Crippen LogP contribution in [0.25, 0.3) is 98.0 Å². The van der Waals surface area contributed by atoms with Crippen molar-refractivity contribution >= 4 is 98.0 Å². The van der Waals surface area contributed by atoms with Gasteiger partial charge in [-0.05, 0) is 188 Å². The van der Waals surface area contributed by atoms with Gasteiger partial charge in [0, 0.05) is 53.9 Å². The summed E-state index contributed by atoms with van der Waals surface area (Å²) in [6, 6.07) is 58.0. The first-order valence-corrected chi connectivity index (χ1v) is 36.5. The van der Waals surface area contributed by atoms with Crippen molar-refractivity contribution < 1.29 is 18.9 Å². The molecule has 2 N–H and O–H groups in total. The topological polar surface area (TPSA) is 111 Å². The Morgan fingerprint density at radius 1 is 0.284 bits per heavy atom. The predicted molar refractivity (Wildman–Crippen MR) is 426 cm³/mol. The van der Waals surface area contributed by atoms with E-state index in [2.05, 4.69) is 258 Å². The number of rotatable bonds is 16. The lowest BCUT2D eigenvalue weighted by atomic mass is 9.72. The molecule has 0 amide bonds. The van der Waals surface area contributed by atoms with Gasteiger partial charge in [0.05, 0.1) is 32.8 Å². The molecule has 0 unspecified atom stereocenters. The maximum absolute atomic E-state index is 16.3. The average molecular weight is 1360 g/mol. The van der Waals surface area contributed by atoms with Gasteiger partial charge in [-0.25, -0.2) is 0 Å². The van der Waals surface area contributed by atoms with Crippen LogP contribution in [0.3, 0.4) is 0 Å². The second kappa shape index (κ2) is 23.4. The highest BCUT2D eigenvalue weighted by Gasteiger charge is 2.36. The van der Waals surface area contributed by atoms with Crippen LogP contribution in [-0.4, -0.2) is 18.8 Å². The number of benzene rings is 11. The molecule has 15 rings (SSSR count). The first-order valence-electron chi connectivity index (χ1n) is 36.5. The van der Waals surface area contributed by atoms with E-state index < -0.39 is 0 Å². The van der Waals surface area contributed by atoms with Crippen LogP contribution in [0, 0.1) is 21.7 Å². The summed E-state index contributed by atoms with van der Waals surface area (Å²) in [6.07, 6.45) is 3.86. The lowest BCUT2D eigenvalue weighted by Gasteiger charge is -2.33. The zero-order valence-electron chi connectivity index (χ0n) is 63.3. The van der Waals surface area contributed by atoms with Crippen LogP contribution in [0.2, 0.25) is 0 Å². The average Bonchev–Trinajstić information content (AvgIpc) is 0.968. The van der Waals surface area contributed by atoms with E-state index in [1.807, 2.05) is 60.7 Å². The van der Waals surface area contributed by atoms with Crippen molar-refractivity contribution in [3.05, 3.63) is 213 Å². The molecule has 11 aromatic carbocycles. The van der Waals surface area contributed by atoms with Crippen molar-refractivity contribution in [1.82, 2.24) is 18.8 Å². The molecule has 522 valence electrons. The van der Waals surface area contributed by atoms with Crippen LogP contribution in [0.5, 0.6) is 46.0 Å². The van der Waals surface area contributed by atoms with Crippen LogP contribution in [0.4, 0.5) is 0 Å².